The summed E-state index contributed by atoms with van der Waals surface area (Å²) in [6.07, 6.45) is 1.48. The second-order valence-electron chi connectivity index (χ2n) is 6.73. The number of aromatic nitrogens is 1. The molecule has 0 spiro atoms. The normalized spacial score (nSPS) is 18.5. The van der Waals surface area contributed by atoms with Gasteiger partial charge >= 0.3 is 0 Å². The van der Waals surface area contributed by atoms with Gasteiger partial charge in [0, 0.05) is 24.7 Å². The second-order valence-corrected chi connectivity index (χ2v) is 6.73. The van der Waals surface area contributed by atoms with Crippen molar-refractivity contribution in [3.8, 4) is 11.5 Å². The lowest BCUT2D eigenvalue weighted by Crippen LogP contribution is -2.28. The van der Waals surface area contributed by atoms with Crippen LogP contribution in [-0.2, 0) is 9.59 Å². The van der Waals surface area contributed by atoms with Crippen LogP contribution in [0, 0.1) is 5.92 Å². The van der Waals surface area contributed by atoms with E-state index in [1.807, 2.05) is 6.07 Å². The second kappa shape index (κ2) is 6.56. The summed E-state index contributed by atoms with van der Waals surface area (Å²) in [5.41, 5.74) is 2.45. The molecule has 142 valence electrons. The minimum atomic E-state index is -0.456. The lowest BCUT2D eigenvalue weighted by Gasteiger charge is -2.22. The number of carbonyl (C=O) groups is 2. The molecule has 2 aromatic carbocycles. The predicted octanol–water partition coefficient (Wildman–Crippen LogP) is 2.59. The van der Waals surface area contributed by atoms with Gasteiger partial charge in [0.25, 0.3) is 0 Å². The Morgan fingerprint density at radius 1 is 1.14 bits per heavy atom. The Hall–Kier alpha value is -3.55. The van der Waals surface area contributed by atoms with Gasteiger partial charge in [0.05, 0.1) is 11.6 Å². The molecule has 0 bridgehead atoms. The molecule has 1 saturated heterocycles. The van der Waals surface area contributed by atoms with E-state index < -0.39 is 5.92 Å². The molecule has 0 radical (unpaired) electrons. The molecule has 1 atom stereocenters. The highest BCUT2D eigenvalue weighted by Crippen LogP contribution is 2.36. The highest BCUT2D eigenvalue weighted by Gasteiger charge is 2.36. The standard InChI is InChI=1S/C20H17N3O5/c24-18-8-12(20(25)22-14-2-1-3-16-19(14)21-11-28-16)10-23(18)13-4-5-15-17(9-13)27-7-6-26-15/h1-5,9,11-12H,6-8,10H2,(H,22,25)/t12-/m0/s1. The zero-order valence-electron chi connectivity index (χ0n) is 14.9. The fraction of sp³-hybridized carbons (Fsp3) is 0.250. The van der Waals surface area contributed by atoms with Crippen LogP contribution >= 0.6 is 0 Å². The van der Waals surface area contributed by atoms with Gasteiger partial charge in [0.2, 0.25) is 11.8 Å². The number of oxazole rings is 1. The van der Waals surface area contributed by atoms with Crippen molar-refractivity contribution in [3.05, 3.63) is 42.8 Å². The van der Waals surface area contributed by atoms with E-state index in [2.05, 4.69) is 10.3 Å². The summed E-state index contributed by atoms with van der Waals surface area (Å²) in [6, 6.07) is 10.7. The Morgan fingerprint density at radius 3 is 2.89 bits per heavy atom. The third-order valence-corrected chi connectivity index (χ3v) is 4.95. The molecule has 2 aliphatic rings. The van der Waals surface area contributed by atoms with E-state index in [4.69, 9.17) is 13.9 Å². The summed E-state index contributed by atoms with van der Waals surface area (Å²) < 4.78 is 16.4. The first-order valence-corrected chi connectivity index (χ1v) is 9.02. The molecule has 2 amide bonds. The number of carbonyl (C=O) groups excluding carboxylic acids is 2. The van der Waals surface area contributed by atoms with Crippen LogP contribution in [0.2, 0.25) is 0 Å². The molecule has 8 nitrogen and oxygen atoms in total. The van der Waals surface area contributed by atoms with Gasteiger partial charge < -0.3 is 24.1 Å². The smallest absolute Gasteiger partial charge is 0.229 e. The highest BCUT2D eigenvalue weighted by molar-refractivity contribution is 6.05. The molecule has 0 unspecified atom stereocenters. The summed E-state index contributed by atoms with van der Waals surface area (Å²) in [4.78, 5) is 31.0. The third-order valence-electron chi connectivity index (χ3n) is 4.95. The van der Waals surface area contributed by atoms with Gasteiger partial charge in [-0.2, -0.15) is 0 Å². The van der Waals surface area contributed by atoms with Crippen LogP contribution in [0.25, 0.3) is 11.1 Å². The number of nitrogens with one attached hydrogen (secondary N) is 1. The van der Waals surface area contributed by atoms with Crippen LogP contribution in [0.5, 0.6) is 11.5 Å². The van der Waals surface area contributed by atoms with E-state index in [1.54, 1.807) is 35.2 Å². The average molecular weight is 379 g/mol. The van der Waals surface area contributed by atoms with Crippen LogP contribution in [0.1, 0.15) is 6.42 Å². The SMILES string of the molecule is O=C(Nc1cccc2ocnc12)[C@H]1CC(=O)N(c2ccc3c(c2)OCCO3)C1. The van der Waals surface area contributed by atoms with Gasteiger partial charge in [-0.3, -0.25) is 9.59 Å². The summed E-state index contributed by atoms with van der Waals surface area (Å²) >= 11 is 0. The molecule has 3 heterocycles. The minimum absolute atomic E-state index is 0.100. The fourth-order valence-corrected chi connectivity index (χ4v) is 3.55. The van der Waals surface area contributed by atoms with Gasteiger partial charge in [-0.05, 0) is 24.3 Å². The molecule has 1 N–H and O–H groups in total. The maximum Gasteiger partial charge on any atom is 0.229 e. The number of hydrogen-bond acceptors (Lipinski definition) is 6. The van der Waals surface area contributed by atoms with Gasteiger partial charge in [-0.15, -0.1) is 0 Å². The lowest BCUT2D eigenvalue weighted by atomic mass is 10.1. The molecule has 1 fully saturated rings. The van der Waals surface area contributed by atoms with Crippen molar-refractivity contribution in [1.82, 2.24) is 4.98 Å². The monoisotopic (exact) mass is 379 g/mol. The zero-order chi connectivity index (χ0) is 19.1. The minimum Gasteiger partial charge on any atom is -0.486 e. The van der Waals surface area contributed by atoms with Crippen molar-refractivity contribution in [2.24, 2.45) is 5.92 Å². The summed E-state index contributed by atoms with van der Waals surface area (Å²) in [7, 11) is 0. The van der Waals surface area contributed by atoms with Crippen molar-refractivity contribution < 1.29 is 23.5 Å². The van der Waals surface area contributed by atoms with Gasteiger partial charge in [0.15, 0.2) is 23.5 Å². The number of para-hydroxylation sites is 1. The van der Waals surface area contributed by atoms with E-state index in [0.717, 1.165) is 0 Å². The van der Waals surface area contributed by atoms with E-state index in [-0.39, 0.29) is 18.2 Å². The number of rotatable bonds is 3. The quantitative estimate of drug-likeness (QED) is 0.752. The van der Waals surface area contributed by atoms with Crippen LogP contribution in [-0.4, -0.2) is 36.6 Å². The molecule has 5 rings (SSSR count). The summed E-state index contributed by atoms with van der Waals surface area (Å²) in [5, 5.41) is 2.87. The first-order chi connectivity index (χ1) is 13.7. The van der Waals surface area contributed by atoms with Crippen LogP contribution in [0.3, 0.4) is 0 Å². The number of amides is 2. The predicted molar refractivity (Wildman–Crippen MR) is 101 cm³/mol. The van der Waals surface area contributed by atoms with Gasteiger partial charge in [-0.1, -0.05) is 6.07 Å². The van der Waals surface area contributed by atoms with Crippen molar-refractivity contribution in [1.29, 1.82) is 0 Å². The largest absolute Gasteiger partial charge is 0.486 e. The van der Waals surface area contributed by atoms with Crippen LogP contribution in [0.4, 0.5) is 11.4 Å². The lowest BCUT2D eigenvalue weighted by molar-refractivity contribution is -0.122. The number of fused-ring (bicyclic) bond motifs is 2. The zero-order valence-corrected chi connectivity index (χ0v) is 14.9. The molecular weight excluding hydrogens is 362 g/mol. The molecule has 2 aliphatic heterocycles. The molecule has 8 heteroatoms. The Labute approximate surface area is 160 Å². The number of hydrogen-bond donors (Lipinski definition) is 1. The molecule has 3 aromatic rings. The molecule has 28 heavy (non-hydrogen) atoms. The number of nitrogens with zero attached hydrogens (tertiary/aromatic N) is 2. The maximum atomic E-state index is 12.7. The highest BCUT2D eigenvalue weighted by atomic mass is 16.6. The molecular formula is C20H17N3O5. The Morgan fingerprint density at radius 2 is 2.00 bits per heavy atom. The molecule has 1 aromatic heterocycles. The maximum absolute atomic E-state index is 12.7. The molecule has 0 aliphatic carbocycles. The average Bonchev–Trinajstić information content (AvgIpc) is 3.35. The van der Waals surface area contributed by atoms with E-state index in [0.29, 0.717) is 53.7 Å². The van der Waals surface area contributed by atoms with Crippen molar-refractivity contribution >= 4 is 34.3 Å². The Kier molecular flexibility index (Phi) is 3.89. The molecule has 0 saturated carbocycles. The van der Waals surface area contributed by atoms with Gasteiger partial charge in [0.1, 0.15) is 18.7 Å². The third kappa shape index (κ3) is 2.83. The summed E-state index contributed by atoms with van der Waals surface area (Å²) in [5.74, 6) is 0.502. The number of anilines is 2. The van der Waals surface area contributed by atoms with Crippen LogP contribution < -0.4 is 19.7 Å². The number of ether oxygens (including phenoxy) is 2. The van der Waals surface area contributed by atoms with E-state index >= 15 is 0 Å². The van der Waals surface area contributed by atoms with Crippen molar-refractivity contribution in [2.45, 2.75) is 6.42 Å². The first kappa shape index (κ1) is 16.6. The summed E-state index contributed by atoms with van der Waals surface area (Å²) in [6.45, 7) is 1.29. The number of benzene rings is 2. The van der Waals surface area contributed by atoms with Gasteiger partial charge in [-0.25, -0.2) is 4.98 Å². The van der Waals surface area contributed by atoms with E-state index in [1.165, 1.54) is 6.39 Å². The topological polar surface area (TPSA) is 93.9 Å². The Balaban J connectivity index is 1.33. The van der Waals surface area contributed by atoms with Crippen molar-refractivity contribution in [3.63, 3.8) is 0 Å². The Bertz CT molecular complexity index is 1080. The van der Waals surface area contributed by atoms with Crippen LogP contribution in [0.15, 0.2) is 47.2 Å². The van der Waals surface area contributed by atoms with E-state index in [9.17, 15) is 9.59 Å². The first-order valence-electron chi connectivity index (χ1n) is 9.02. The fourth-order valence-electron chi connectivity index (χ4n) is 3.55. The van der Waals surface area contributed by atoms with Crippen molar-refractivity contribution in [2.75, 3.05) is 30.0 Å².